The summed E-state index contributed by atoms with van der Waals surface area (Å²) in [5, 5.41) is 3.35. The Morgan fingerprint density at radius 2 is 2.11 bits per heavy atom. The summed E-state index contributed by atoms with van der Waals surface area (Å²) in [4.78, 5) is 12.8. The van der Waals surface area contributed by atoms with E-state index in [2.05, 4.69) is 33.9 Å². The van der Waals surface area contributed by atoms with E-state index in [0.29, 0.717) is 5.69 Å². The molecule has 1 aromatic carbocycles. The van der Waals surface area contributed by atoms with Gasteiger partial charge in [0.25, 0.3) is 0 Å². The molecule has 0 saturated heterocycles. The van der Waals surface area contributed by atoms with Crippen molar-refractivity contribution in [3.05, 3.63) is 36.0 Å². The van der Waals surface area contributed by atoms with Gasteiger partial charge in [0.15, 0.2) is 0 Å². The van der Waals surface area contributed by atoms with Gasteiger partial charge in [0.05, 0.1) is 22.0 Å². The van der Waals surface area contributed by atoms with Crippen LogP contribution in [0.5, 0.6) is 0 Å². The van der Waals surface area contributed by atoms with Gasteiger partial charge in [0.1, 0.15) is 5.82 Å². The van der Waals surface area contributed by atoms with Crippen molar-refractivity contribution in [2.24, 2.45) is 15.9 Å². The second-order valence-corrected chi connectivity index (χ2v) is 8.65. The highest BCUT2D eigenvalue weighted by Crippen LogP contribution is 2.32. The van der Waals surface area contributed by atoms with Gasteiger partial charge in [-0.1, -0.05) is 13.8 Å². The number of anilines is 1. The van der Waals surface area contributed by atoms with Crippen LogP contribution < -0.4 is 10.0 Å². The van der Waals surface area contributed by atoms with Crippen LogP contribution in [0.2, 0.25) is 0 Å². The minimum atomic E-state index is -3.55. The summed E-state index contributed by atoms with van der Waals surface area (Å²) in [5.41, 5.74) is 3.29. The van der Waals surface area contributed by atoms with Gasteiger partial charge in [-0.25, -0.2) is 18.1 Å². The molecule has 0 radical (unpaired) electrons. The van der Waals surface area contributed by atoms with Gasteiger partial charge >= 0.3 is 0 Å². The molecule has 150 valence electrons. The number of rotatable bonds is 7. The van der Waals surface area contributed by atoms with E-state index in [-0.39, 0.29) is 10.8 Å². The monoisotopic (exact) mass is 401 g/mol. The Balaban J connectivity index is 2.11. The number of H-pyrrole nitrogens is 1. The number of hydrogen-bond donors (Lipinski definition) is 3. The van der Waals surface area contributed by atoms with Crippen molar-refractivity contribution in [2.45, 2.75) is 38.0 Å². The summed E-state index contributed by atoms with van der Waals surface area (Å²) < 4.78 is 26.9. The Labute approximate surface area is 166 Å². The van der Waals surface area contributed by atoms with Crippen LogP contribution >= 0.6 is 0 Å². The lowest BCUT2D eigenvalue weighted by Crippen LogP contribution is -2.18. The largest absolute Gasteiger partial charge is 0.383 e. The van der Waals surface area contributed by atoms with Crippen molar-refractivity contribution in [2.75, 3.05) is 18.9 Å². The molecule has 0 spiro atoms. The number of aromatic amines is 1. The first kappa shape index (κ1) is 20.3. The Kier molecular flexibility index (Phi) is 6.31. The molecule has 1 atom stereocenters. The summed E-state index contributed by atoms with van der Waals surface area (Å²) in [6.07, 6.45) is 6.49. The van der Waals surface area contributed by atoms with Gasteiger partial charge < -0.3 is 10.3 Å². The van der Waals surface area contributed by atoms with E-state index in [1.165, 1.54) is 7.05 Å². The number of hydrogen-bond acceptors (Lipinski definition) is 5. The number of nitrogens with zero attached hydrogens (tertiary/aromatic N) is 2. The molecule has 3 N–H and O–H groups in total. The molecule has 1 aromatic heterocycles. The predicted molar refractivity (Wildman–Crippen MR) is 115 cm³/mol. The topological polar surface area (TPSA) is 98.7 Å². The zero-order valence-electron chi connectivity index (χ0n) is 16.5. The highest BCUT2D eigenvalue weighted by Gasteiger charge is 2.20. The molecule has 0 amide bonds. The summed E-state index contributed by atoms with van der Waals surface area (Å²) in [7, 11) is -2.14. The molecule has 2 aromatic rings. The van der Waals surface area contributed by atoms with Crippen molar-refractivity contribution in [1.82, 2.24) is 9.71 Å². The lowest BCUT2D eigenvalue weighted by molar-refractivity contribution is 0.588. The number of fused-ring (bicyclic) bond motifs is 1. The summed E-state index contributed by atoms with van der Waals surface area (Å²) in [6, 6.07) is 6.97. The number of benzene rings is 1. The van der Waals surface area contributed by atoms with Gasteiger partial charge in [-0.05, 0) is 56.5 Å². The SMILES string of the molecule is CCCNc1ccc(S(=O)(=O)NC)cc1N=C1CC(CC)C=Nc2[nH]ccc21. The molecule has 3 rings (SSSR count). The smallest absolute Gasteiger partial charge is 0.240 e. The third kappa shape index (κ3) is 4.34. The van der Waals surface area contributed by atoms with Crippen LogP contribution in [0.4, 0.5) is 17.2 Å². The van der Waals surface area contributed by atoms with E-state index in [1.54, 1.807) is 18.2 Å². The molecule has 7 nitrogen and oxygen atoms in total. The zero-order valence-corrected chi connectivity index (χ0v) is 17.3. The van der Waals surface area contributed by atoms with E-state index in [4.69, 9.17) is 4.99 Å². The molecule has 2 heterocycles. The zero-order chi connectivity index (χ0) is 20.1. The van der Waals surface area contributed by atoms with Crippen LogP contribution in [0.25, 0.3) is 0 Å². The quantitative estimate of drug-likeness (QED) is 0.654. The van der Waals surface area contributed by atoms with Gasteiger partial charge in [-0.15, -0.1) is 0 Å². The van der Waals surface area contributed by atoms with Crippen LogP contribution in [0.15, 0.2) is 45.3 Å². The lowest BCUT2D eigenvalue weighted by Gasteiger charge is -2.13. The first-order chi connectivity index (χ1) is 13.5. The first-order valence-corrected chi connectivity index (χ1v) is 11.1. The van der Waals surface area contributed by atoms with E-state index in [9.17, 15) is 8.42 Å². The fourth-order valence-corrected chi connectivity index (χ4v) is 3.84. The average molecular weight is 402 g/mol. The van der Waals surface area contributed by atoms with Gasteiger partial charge in [0.2, 0.25) is 10.0 Å². The maximum atomic E-state index is 12.3. The van der Waals surface area contributed by atoms with Crippen molar-refractivity contribution >= 4 is 39.1 Å². The minimum absolute atomic E-state index is 0.197. The molecular formula is C20H27N5O2S. The molecule has 0 bridgehead atoms. The Morgan fingerprint density at radius 3 is 2.82 bits per heavy atom. The van der Waals surface area contributed by atoms with Crippen LogP contribution in [-0.2, 0) is 10.0 Å². The molecule has 28 heavy (non-hydrogen) atoms. The Hall–Kier alpha value is -2.45. The number of aliphatic imine (C=N–C) groups is 2. The standard InChI is InChI=1S/C20H27N5O2S/c1-4-9-22-17-7-6-15(28(26,27)21-3)12-19(17)25-18-11-14(5-2)13-24-20-16(18)8-10-23-20/h6-8,10,12-14,21-23H,4-5,9,11H2,1-3H3. The van der Waals surface area contributed by atoms with Crippen molar-refractivity contribution in [1.29, 1.82) is 0 Å². The van der Waals surface area contributed by atoms with Crippen LogP contribution in [0.1, 0.15) is 38.7 Å². The Morgan fingerprint density at radius 1 is 1.29 bits per heavy atom. The average Bonchev–Trinajstić information content (AvgIpc) is 3.11. The molecule has 0 aliphatic carbocycles. The minimum Gasteiger partial charge on any atom is -0.383 e. The van der Waals surface area contributed by atoms with Crippen molar-refractivity contribution < 1.29 is 8.42 Å². The molecule has 8 heteroatoms. The van der Waals surface area contributed by atoms with Crippen LogP contribution in [0, 0.1) is 5.92 Å². The number of aromatic nitrogens is 1. The number of sulfonamides is 1. The fourth-order valence-electron chi connectivity index (χ4n) is 3.09. The van der Waals surface area contributed by atoms with Crippen LogP contribution in [-0.4, -0.2) is 38.9 Å². The fraction of sp³-hybridized carbons (Fsp3) is 0.400. The third-order valence-electron chi connectivity index (χ3n) is 4.80. The molecule has 0 saturated carbocycles. The summed E-state index contributed by atoms with van der Waals surface area (Å²) in [6.45, 7) is 4.99. The van der Waals surface area contributed by atoms with Crippen molar-refractivity contribution in [3.8, 4) is 0 Å². The molecule has 1 unspecified atom stereocenters. The highest BCUT2D eigenvalue weighted by molar-refractivity contribution is 7.89. The van der Waals surface area contributed by atoms with Crippen molar-refractivity contribution in [3.63, 3.8) is 0 Å². The van der Waals surface area contributed by atoms with Crippen LogP contribution in [0.3, 0.4) is 0 Å². The normalized spacial score (nSPS) is 18.1. The third-order valence-corrected chi connectivity index (χ3v) is 6.21. The maximum Gasteiger partial charge on any atom is 0.240 e. The van der Waals surface area contributed by atoms with E-state index < -0.39 is 10.0 Å². The second-order valence-electron chi connectivity index (χ2n) is 6.76. The highest BCUT2D eigenvalue weighted by atomic mass is 32.2. The van der Waals surface area contributed by atoms with E-state index in [1.807, 2.05) is 18.5 Å². The maximum absolute atomic E-state index is 12.3. The van der Waals surface area contributed by atoms with E-state index >= 15 is 0 Å². The van der Waals surface area contributed by atoms with Gasteiger partial charge in [-0.3, -0.25) is 4.99 Å². The molecule has 0 fully saturated rings. The lowest BCUT2D eigenvalue weighted by atomic mass is 9.98. The molecule has 1 aliphatic rings. The van der Waals surface area contributed by atoms with Gasteiger partial charge in [0, 0.05) is 24.5 Å². The van der Waals surface area contributed by atoms with E-state index in [0.717, 1.165) is 48.6 Å². The number of nitrogens with one attached hydrogen (secondary N) is 3. The second kappa shape index (κ2) is 8.70. The molecular weight excluding hydrogens is 374 g/mol. The summed E-state index contributed by atoms with van der Waals surface area (Å²) in [5.74, 6) is 1.08. The summed E-state index contributed by atoms with van der Waals surface area (Å²) >= 11 is 0. The first-order valence-electron chi connectivity index (χ1n) is 9.59. The molecule has 1 aliphatic heterocycles. The van der Waals surface area contributed by atoms with Gasteiger partial charge in [-0.2, -0.15) is 0 Å². The Bertz CT molecular complexity index is 992. The predicted octanol–water partition coefficient (Wildman–Crippen LogP) is 4.00.